The van der Waals surface area contributed by atoms with Crippen molar-refractivity contribution in [3.8, 4) is 6.07 Å². The lowest BCUT2D eigenvalue weighted by Gasteiger charge is -2.28. The molecule has 2 aliphatic rings. The van der Waals surface area contributed by atoms with Crippen molar-refractivity contribution in [2.75, 3.05) is 18.6 Å². The lowest BCUT2D eigenvalue weighted by Crippen LogP contribution is -2.44. The second-order valence-electron chi connectivity index (χ2n) is 6.42. The van der Waals surface area contributed by atoms with Gasteiger partial charge in [-0.3, -0.25) is 4.90 Å². The summed E-state index contributed by atoms with van der Waals surface area (Å²) in [5.74, 6) is 0.388. The van der Waals surface area contributed by atoms with Crippen LogP contribution >= 0.6 is 0 Å². The predicted molar refractivity (Wildman–Crippen MR) is 88.1 cm³/mol. The minimum atomic E-state index is -0.0777. The number of anilines is 1. The molecule has 2 unspecified atom stereocenters. The number of nitrogens with zero attached hydrogens (tertiary/aromatic N) is 3. The molecule has 0 saturated carbocycles. The topological polar surface area (TPSA) is 56.6 Å². The Balaban J connectivity index is 1.95. The van der Waals surface area contributed by atoms with E-state index in [-0.39, 0.29) is 24.2 Å². The van der Waals surface area contributed by atoms with E-state index in [0.29, 0.717) is 18.0 Å². The Morgan fingerprint density at radius 2 is 1.96 bits per heavy atom. The number of hydrogen-bond donors (Lipinski definition) is 0. The minimum absolute atomic E-state index is 0.00445. The fraction of sp³-hybridized carbons (Fsp3) is 0.444. The molecule has 1 aromatic rings. The number of methoxy groups -OCH3 is 1. The van der Waals surface area contributed by atoms with Gasteiger partial charge in [-0.2, -0.15) is 5.26 Å². The van der Waals surface area contributed by atoms with Gasteiger partial charge in [0.2, 0.25) is 0 Å². The normalized spacial score (nSPS) is 26.0. The molecule has 120 valence electrons. The summed E-state index contributed by atoms with van der Waals surface area (Å²) >= 11 is 0. The number of carbonyl (C=O) groups excluding carboxylic acids is 1. The van der Waals surface area contributed by atoms with Crippen LogP contribution in [0, 0.1) is 17.2 Å². The zero-order valence-corrected chi connectivity index (χ0v) is 13.6. The molecular weight excluding hydrogens is 290 g/mol. The average molecular weight is 311 g/mol. The van der Waals surface area contributed by atoms with Crippen LogP contribution in [0.3, 0.4) is 0 Å². The second kappa shape index (κ2) is 6.05. The Bertz CT molecular complexity index is 660. The Morgan fingerprint density at radius 1 is 1.26 bits per heavy atom. The van der Waals surface area contributed by atoms with Gasteiger partial charge in [0, 0.05) is 19.3 Å². The molecule has 1 saturated heterocycles. The van der Waals surface area contributed by atoms with Crippen LogP contribution in [-0.2, 0) is 4.74 Å². The monoisotopic (exact) mass is 311 g/mol. The van der Waals surface area contributed by atoms with Gasteiger partial charge in [-0.15, -0.1) is 0 Å². The van der Waals surface area contributed by atoms with Crippen molar-refractivity contribution in [1.29, 1.82) is 5.26 Å². The van der Waals surface area contributed by atoms with E-state index in [9.17, 15) is 4.79 Å². The number of rotatable bonds is 4. The van der Waals surface area contributed by atoms with Crippen molar-refractivity contribution in [2.45, 2.75) is 32.0 Å². The van der Waals surface area contributed by atoms with Crippen molar-refractivity contribution >= 4 is 11.7 Å². The molecule has 5 nitrogen and oxygen atoms in total. The molecule has 23 heavy (non-hydrogen) atoms. The fourth-order valence-electron chi connectivity index (χ4n) is 3.43. The third kappa shape index (κ3) is 2.60. The summed E-state index contributed by atoms with van der Waals surface area (Å²) in [6.45, 7) is 4.92. The lowest BCUT2D eigenvalue weighted by atomic mass is 10.1. The summed E-state index contributed by atoms with van der Waals surface area (Å²) in [5, 5.41) is 8.94. The Labute approximate surface area is 136 Å². The van der Waals surface area contributed by atoms with Crippen molar-refractivity contribution < 1.29 is 9.53 Å². The minimum Gasteiger partial charge on any atom is -0.375 e. The average Bonchev–Trinajstić information content (AvgIpc) is 3.06. The van der Waals surface area contributed by atoms with Crippen LogP contribution in [0.15, 0.2) is 36.4 Å². The molecule has 1 heterocycles. The maximum absolute atomic E-state index is 13.0. The quantitative estimate of drug-likeness (QED) is 0.803. The molecule has 3 atom stereocenters. The number of ether oxygens (including phenoxy) is 1. The number of carbonyl (C=O) groups is 1. The first-order valence-corrected chi connectivity index (χ1v) is 7.88. The first-order chi connectivity index (χ1) is 11.1. The number of benzene rings is 1. The molecular formula is C18H21N3O2. The number of urea groups is 1. The Hall–Kier alpha value is -2.32. The van der Waals surface area contributed by atoms with Crippen LogP contribution < -0.4 is 4.90 Å². The van der Waals surface area contributed by atoms with Crippen LogP contribution in [-0.4, -0.2) is 42.8 Å². The number of hydrogen-bond acceptors (Lipinski definition) is 3. The van der Waals surface area contributed by atoms with Gasteiger partial charge >= 0.3 is 6.03 Å². The van der Waals surface area contributed by atoms with Gasteiger partial charge in [0.25, 0.3) is 0 Å². The summed E-state index contributed by atoms with van der Waals surface area (Å²) in [6, 6.07) is 9.24. The standard InChI is InChI=1S/C18H21N3O2/c1-12(2)11-20-17-15(8-9-16(17)23-3)21(18(20)22)14-6-4-13(10-19)5-7-14/h4-9,12,15-17H,11H2,1-3H3/t15?,16-,17?/m0/s1. The molecule has 0 N–H and O–H groups in total. The van der Waals surface area contributed by atoms with E-state index in [1.807, 2.05) is 28.0 Å². The van der Waals surface area contributed by atoms with E-state index in [1.54, 1.807) is 19.2 Å². The van der Waals surface area contributed by atoms with Crippen LogP contribution in [0.25, 0.3) is 0 Å². The lowest BCUT2D eigenvalue weighted by molar-refractivity contribution is 0.0738. The van der Waals surface area contributed by atoms with Gasteiger partial charge in [-0.25, -0.2) is 4.79 Å². The summed E-state index contributed by atoms with van der Waals surface area (Å²) in [7, 11) is 1.68. The first kappa shape index (κ1) is 15.6. The summed E-state index contributed by atoms with van der Waals surface area (Å²) < 4.78 is 5.56. The molecule has 0 bridgehead atoms. The molecule has 1 aliphatic heterocycles. The highest BCUT2D eigenvalue weighted by Gasteiger charge is 2.51. The van der Waals surface area contributed by atoms with Crippen molar-refractivity contribution in [3.05, 3.63) is 42.0 Å². The third-order valence-electron chi connectivity index (χ3n) is 4.40. The van der Waals surface area contributed by atoms with Crippen LogP contribution in [0.5, 0.6) is 0 Å². The molecule has 1 fully saturated rings. The maximum Gasteiger partial charge on any atom is 0.325 e. The largest absolute Gasteiger partial charge is 0.375 e. The maximum atomic E-state index is 13.0. The highest BCUT2D eigenvalue weighted by Crippen LogP contribution is 2.36. The van der Waals surface area contributed by atoms with Crippen molar-refractivity contribution in [3.63, 3.8) is 0 Å². The zero-order valence-electron chi connectivity index (χ0n) is 13.6. The molecule has 0 radical (unpaired) electrons. The Morgan fingerprint density at radius 3 is 2.52 bits per heavy atom. The van der Waals surface area contributed by atoms with Crippen molar-refractivity contribution in [1.82, 2.24) is 4.90 Å². The summed E-state index contributed by atoms with van der Waals surface area (Å²) in [5.41, 5.74) is 1.41. The van der Waals surface area contributed by atoms with Gasteiger partial charge in [-0.1, -0.05) is 26.0 Å². The SMILES string of the molecule is CO[C@H]1C=CC2C1N(CC(C)C)C(=O)N2c1ccc(C#N)cc1. The van der Waals surface area contributed by atoms with E-state index < -0.39 is 0 Å². The Kier molecular flexibility index (Phi) is 4.10. The zero-order chi connectivity index (χ0) is 16.6. The van der Waals surface area contributed by atoms with E-state index in [2.05, 4.69) is 26.0 Å². The molecule has 5 heteroatoms. The molecule has 1 aromatic carbocycles. The van der Waals surface area contributed by atoms with E-state index in [4.69, 9.17) is 10.00 Å². The smallest absolute Gasteiger partial charge is 0.325 e. The second-order valence-corrected chi connectivity index (χ2v) is 6.42. The molecule has 0 aromatic heterocycles. The van der Waals surface area contributed by atoms with Gasteiger partial charge in [0.1, 0.15) is 0 Å². The van der Waals surface area contributed by atoms with Gasteiger partial charge in [0.15, 0.2) is 0 Å². The fourth-order valence-corrected chi connectivity index (χ4v) is 3.43. The molecule has 3 rings (SSSR count). The highest BCUT2D eigenvalue weighted by molar-refractivity contribution is 5.96. The highest BCUT2D eigenvalue weighted by atomic mass is 16.5. The molecule has 2 amide bonds. The van der Waals surface area contributed by atoms with Gasteiger partial charge in [0.05, 0.1) is 29.8 Å². The first-order valence-electron chi connectivity index (χ1n) is 7.88. The summed E-state index contributed by atoms with van der Waals surface area (Å²) in [6.07, 6.45) is 4.01. The molecule has 1 aliphatic carbocycles. The van der Waals surface area contributed by atoms with Crippen LogP contribution in [0.2, 0.25) is 0 Å². The van der Waals surface area contributed by atoms with Crippen LogP contribution in [0.4, 0.5) is 10.5 Å². The van der Waals surface area contributed by atoms with E-state index in [0.717, 1.165) is 5.69 Å². The van der Waals surface area contributed by atoms with Gasteiger partial charge < -0.3 is 9.64 Å². The van der Waals surface area contributed by atoms with Crippen LogP contribution in [0.1, 0.15) is 19.4 Å². The number of amides is 2. The molecule has 0 spiro atoms. The summed E-state index contributed by atoms with van der Waals surface area (Å²) in [4.78, 5) is 16.7. The van der Waals surface area contributed by atoms with Crippen molar-refractivity contribution in [2.24, 2.45) is 5.92 Å². The number of fused-ring (bicyclic) bond motifs is 1. The third-order valence-corrected chi connectivity index (χ3v) is 4.40. The van der Waals surface area contributed by atoms with Gasteiger partial charge in [-0.05, 0) is 30.2 Å². The van der Waals surface area contributed by atoms with E-state index in [1.165, 1.54) is 0 Å². The number of nitriles is 1. The van der Waals surface area contributed by atoms with E-state index >= 15 is 0 Å². The predicted octanol–water partition coefficient (Wildman–Crippen LogP) is 2.78.